The van der Waals surface area contributed by atoms with Crippen molar-refractivity contribution in [3.63, 3.8) is 0 Å². The van der Waals surface area contributed by atoms with Crippen molar-refractivity contribution in [3.05, 3.63) is 417 Å². The Hall–Kier alpha value is -8.75. The van der Waals surface area contributed by atoms with Crippen molar-refractivity contribution >= 4 is 130 Å². The van der Waals surface area contributed by atoms with Crippen LogP contribution in [-0.4, -0.2) is 22.8 Å². The van der Waals surface area contributed by atoms with Crippen molar-refractivity contribution in [2.45, 2.75) is 28.5 Å². The summed E-state index contributed by atoms with van der Waals surface area (Å²) in [6, 6.07) is 139. The van der Waals surface area contributed by atoms with Gasteiger partial charge in [-0.05, 0) is 133 Å². The summed E-state index contributed by atoms with van der Waals surface area (Å²) in [5.41, 5.74) is -3.66. The number of hydrogen-bond donors (Lipinski definition) is 2. The summed E-state index contributed by atoms with van der Waals surface area (Å²) >= 11 is 7.02. The summed E-state index contributed by atoms with van der Waals surface area (Å²) in [5, 5.41) is 28.0. The number of rotatable bonds is 16. The van der Waals surface area contributed by atoms with Crippen molar-refractivity contribution in [1.29, 1.82) is 0 Å². The van der Waals surface area contributed by atoms with Crippen LogP contribution in [0.1, 0.15) is 6.92 Å². The van der Waals surface area contributed by atoms with E-state index in [9.17, 15) is 27.5 Å². The van der Waals surface area contributed by atoms with Crippen LogP contribution in [-0.2, 0) is 25.2 Å². The number of hydrogen-bond acceptors (Lipinski definition) is 3. The molecular formula is C88H72ClF4NO2P4PdS. The van der Waals surface area contributed by atoms with Gasteiger partial charge in [-0.25, -0.2) is 4.39 Å². The van der Waals surface area contributed by atoms with Crippen molar-refractivity contribution in [3.8, 4) is 0 Å². The smallest absolute Gasteiger partial charge is 0.373 e. The van der Waals surface area contributed by atoms with Gasteiger partial charge in [0.1, 0.15) is 5.82 Å². The van der Waals surface area contributed by atoms with E-state index in [4.69, 9.17) is 11.6 Å². The Morgan fingerprint density at radius 2 is 0.529 bits per heavy atom. The minimum absolute atomic E-state index is 0. The molecule has 1 amide bonds. The van der Waals surface area contributed by atoms with Gasteiger partial charge in [0.15, 0.2) is 0 Å². The average Bonchev–Trinajstić information content (AvgIpc) is 0.851. The summed E-state index contributed by atoms with van der Waals surface area (Å²) in [7, 11) is -1.78. The van der Waals surface area contributed by atoms with Crippen LogP contribution in [0.25, 0.3) is 0 Å². The SMILES string of the molecule is CC(O)(C(=O)Nc1ccc(Sc2ccccc2F)cc1Cl)C(F)(F)F.[Pd].c1ccc(P(c2ccccc2)c2ccccc2)cc1.c1ccc(P(c2ccccc2)c2ccccc2)cc1.c1ccc(P(c2ccccc2)c2ccccc2)cc1.c1ccc(P(c2ccccc2)c2ccccc2)cc1. The average molecular weight is 1550 g/mol. The molecule has 14 aromatic rings. The maximum Gasteiger partial charge on any atom is 0.426 e. The number of aliphatic hydroxyl groups is 1. The van der Waals surface area contributed by atoms with E-state index >= 15 is 0 Å². The summed E-state index contributed by atoms with van der Waals surface area (Å²) in [4.78, 5) is 12.5. The normalized spacial score (nSPS) is 11.3. The number of amides is 1. The molecule has 0 fully saturated rings. The van der Waals surface area contributed by atoms with Crippen LogP contribution in [0.2, 0.25) is 5.02 Å². The molecule has 0 heterocycles. The molecule has 1 atom stereocenters. The van der Waals surface area contributed by atoms with Crippen LogP contribution >= 0.6 is 55.0 Å². The molecule has 1 unspecified atom stereocenters. The fourth-order valence-corrected chi connectivity index (χ4v) is 20.8. The van der Waals surface area contributed by atoms with Gasteiger partial charge in [-0.1, -0.05) is 399 Å². The molecule has 14 aromatic carbocycles. The molecule has 0 aliphatic heterocycles. The monoisotopic (exact) mass is 1550 g/mol. The van der Waals surface area contributed by atoms with Gasteiger partial charge in [-0.15, -0.1) is 0 Å². The molecule has 0 spiro atoms. The second-order valence-electron chi connectivity index (χ2n) is 22.6. The summed E-state index contributed by atoms with van der Waals surface area (Å²) in [6.45, 7) is 0.346. The second kappa shape index (κ2) is 40.2. The first-order chi connectivity index (χ1) is 49.3. The number of alkyl halides is 3. The van der Waals surface area contributed by atoms with Crippen molar-refractivity contribution in [2.75, 3.05) is 5.32 Å². The van der Waals surface area contributed by atoms with Crippen molar-refractivity contribution < 1.29 is 47.9 Å². The molecule has 0 radical (unpaired) electrons. The standard InChI is InChI=1S/4C18H15P.C16H12ClF4NO2S.Pd/c4*1-4-10-16(11-5-1)19(17-12-6-2-7-13-17)18-14-8-3-9-15-18;1-15(24,16(19,20)21)14(23)22-12-7-6-9(8-10(12)17)25-13-5-3-2-4-11(13)18;/h4*1-15H;2-8,24H,1H3,(H,22,23);. The fourth-order valence-electron chi connectivity index (χ4n) is 10.4. The van der Waals surface area contributed by atoms with E-state index in [1.165, 1.54) is 94.0 Å². The van der Waals surface area contributed by atoms with Crippen LogP contribution in [0.3, 0.4) is 0 Å². The largest absolute Gasteiger partial charge is 0.426 e. The van der Waals surface area contributed by atoms with Gasteiger partial charge in [0.25, 0.3) is 5.91 Å². The van der Waals surface area contributed by atoms with Gasteiger partial charge in [0.2, 0.25) is 5.60 Å². The molecule has 0 aliphatic rings. The number of anilines is 1. The van der Waals surface area contributed by atoms with Gasteiger partial charge >= 0.3 is 6.18 Å². The number of benzene rings is 14. The molecule has 0 aromatic heterocycles. The summed E-state index contributed by atoms with van der Waals surface area (Å²) in [5.74, 6) is -2.08. The molecule has 0 bridgehead atoms. The van der Waals surface area contributed by atoms with Crippen LogP contribution < -0.4 is 69.0 Å². The quantitative estimate of drug-likeness (QED) is 0.0576. The first kappa shape index (κ1) is 77.4. The van der Waals surface area contributed by atoms with Crippen LogP contribution in [0.4, 0.5) is 23.2 Å². The van der Waals surface area contributed by atoms with Gasteiger partial charge < -0.3 is 10.4 Å². The van der Waals surface area contributed by atoms with Gasteiger partial charge in [0.05, 0.1) is 10.7 Å². The summed E-state index contributed by atoms with van der Waals surface area (Å²) in [6.07, 6.45) is -5.13. The molecule has 3 nitrogen and oxygen atoms in total. The molecule has 14 heteroatoms. The maximum absolute atomic E-state index is 13.6. The zero-order valence-corrected chi connectivity index (χ0v) is 62.1. The predicted molar refractivity (Wildman–Crippen MR) is 428 cm³/mol. The molecule has 102 heavy (non-hydrogen) atoms. The first-order valence-corrected chi connectivity index (χ1v) is 39.0. The summed E-state index contributed by atoms with van der Waals surface area (Å²) < 4.78 is 51.6. The Bertz CT molecular complexity index is 3850. The van der Waals surface area contributed by atoms with Crippen LogP contribution in [0.15, 0.2) is 416 Å². The topological polar surface area (TPSA) is 49.3 Å². The Morgan fingerprint density at radius 1 is 0.333 bits per heavy atom. The number of carbonyl (C=O) groups is 1. The number of carbonyl (C=O) groups excluding carboxylic acids is 1. The van der Waals surface area contributed by atoms with Gasteiger partial charge in [0, 0.05) is 30.2 Å². The van der Waals surface area contributed by atoms with E-state index in [2.05, 4.69) is 364 Å². The molecule has 2 N–H and O–H groups in total. The molecule has 14 rings (SSSR count). The van der Waals surface area contributed by atoms with E-state index in [1.54, 1.807) is 12.1 Å². The van der Waals surface area contributed by atoms with E-state index < -0.39 is 55.2 Å². The molecule has 0 saturated heterocycles. The Kier molecular flexibility index (Phi) is 30.5. The minimum Gasteiger partial charge on any atom is -0.373 e. The van der Waals surface area contributed by atoms with Crippen molar-refractivity contribution in [1.82, 2.24) is 0 Å². The van der Waals surface area contributed by atoms with E-state index in [0.29, 0.717) is 16.7 Å². The number of nitrogens with one attached hydrogen (secondary N) is 1. The fraction of sp³-hybridized carbons (Fsp3) is 0.0341. The first-order valence-electron chi connectivity index (χ1n) is 32.5. The third-order valence-electron chi connectivity index (χ3n) is 15.4. The Labute approximate surface area is 624 Å². The predicted octanol–water partition coefficient (Wildman–Crippen LogP) is 18.7. The maximum atomic E-state index is 13.6. The van der Waals surface area contributed by atoms with E-state index in [-0.39, 0.29) is 31.1 Å². The zero-order chi connectivity index (χ0) is 70.5. The van der Waals surface area contributed by atoms with Gasteiger partial charge in [-0.2, -0.15) is 13.2 Å². The minimum atomic E-state index is -5.13. The Morgan fingerprint density at radius 3 is 0.716 bits per heavy atom. The van der Waals surface area contributed by atoms with Crippen LogP contribution in [0.5, 0.6) is 0 Å². The van der Waals surface area contributed by atoms with Crippen molar-refractivity contribution in [2.24, 2.45) is 0 Å². The molecule has 0 aliphatic carbocycles. The third-order valence-corrected chi connectivity index (χ3v) is 26.5. The molecular weight excluding hydrogens is 1480 g/mol. The molecule has 512 valence electrons. The Balaban J connectivity index is 0.000000148. The number of halogens is 5. The second-order valence-corrected chi connectivity index (χ2v) is 33.0. The third kappa shape index (κ3) is 22.4. The van der Waals surface area contributed by atoms with Gasteiger partial charge in [-0.3, -0.25) is 4.79 Å². The van der Waals surface area contributed by atoms with E-state index in [1.807, 2.05) is 5.32 Å². The zero-order valence-electron chi connectivity index (χ0n) is 55.4. The van der Waals surface area contributed by atoms with Crippen LogP contribution in [0, 0.1) is 5.82 Å². The molecule has 0 saturated carbocycles. The van der Waals surface area contributed by atoms with E-state index in [0.717, 1.165) is 11.8 Å².